The van der Waals surface area contributed by atoms with Crippen LogP contribution in [0.15, 0.2) is 0 Å². The predicted molar refractivity (Wildman–Crippen MR) is 77.1 cm³/mol. The van der Waals surface area contributed by atoms with Crippen molar-refractivity contribution < 1.29 is 18.0 Å². The van der Waals surface area contributed by atoms with Crippen molar-refractivity contribution in [3.8, 4) is 0 Å². The number of amides is 1. The van der Waals surface area contributed by atoms with Gasteiger partial charge in [0, 0.05) is 12.6 Å². The molecule has 0 aromatic rings. The number of rotatable bonds is 3. The molecule has 21 heavy (non-hydrogen) atoms. The van der Waals surface area contributed by atoms with E-state index in [4.69, 9.17) is 5.73 Å². The number of carbonyl (C=O) groups excluding carboxylic acids is 1. The van der Waals surface area contributed by atoms with Gasteiger partial charge in [0.1, 0.15) is 0 Å². The van der Waals surface area contributed by atoms with E-state index < -0.39 is 17.5 Å². The zero-order chi connectivity index (χ0) is 14.8. The standard InChI is InChI=1S/C14H23F3N2O.ClH/c15-14(16,17)10-3-5-11(6-4-10)19-12(20)13(9-18)7-1-2-8-13;/h10-11H,1-9,18H2,(H,19,20);1H. The van der Waals surface area contributed by atoms with Crippen LogP contribution in [0.3, 0.4) is 0 Å². The fraction of sp³-hybridized carbons (Fsp3) is 0.929. The highest BCUT2D eigenvalue weighted by Gasteiger charge is 2.43. The summed E-state index contributed by atoms with van der Waals surface area (Å²) in [5, 5.41) is 2.94. The van der Waals surface area contributed by atoms with Gasteiger partial charge in [0.15, 0.2) is 0 Å². The zero-order valence-electron chi connectivity index (χ0n) is 12.0. The van der Waals surface area contributed by atoms with Gasteiger partial charge >= 0.3 is 6.18 Å². The highest BCUT2D eigenvalue weighted by atomic mass is 35.5. The molecule has 1 amide bonds. The Kier molecular flexibility index (Phi) is 6.35. The highest BCUT2D eigenvalue weighted by molar-refractivity contribution is 5.85. The second-order valence-corrected chi connectivity index (χ2v) is 6.26. The minimum atomic E-state index is -4.10. The molecule has 2 rings (SSSR count). The number of nitrogens with two attached hydrogens (primary N) is 1. The lowest BCUT2D eigenvalue weighted by Crippen LogP contribution is -2.49. The van der Waals surface area contributed by atoms with Crippen molar-refractivity contribution in [2.24, 2.45) is 17.1 Å². The SMILES string of the molecule is Cl.NCC1(C(=O)NC2CCC(C(F)(F)F)CC2)CCCC1. The van der Waals surface area contributed by atoms with Crippen LogP contribution in [0.25, 0.3) is 0 Å². The number of hydrogen-bond donors (Lipinski definition) is 2. The van der Waals surface area contributed by atoms with Crippen molar-refractivity contribution in [2.45, 2.75) is 63.6 Å². The van der Waals surface area contributed by atoms with Gasteiger partial charge < -0.3 is 11.1 Å². The summed E-state index contributed by atoms with van der Waals surface area (Å²) in [5.74, 6) is -1.25. The van der Waals surface area contributed by atoms with Crippen molar-refractivity contribution in [3.05, 3.63) is 0 Å². The van der Waals surface area contributed by atoms with E-state index in [2.05, 4.69) is 5.32 Å². The topological polar surface area (TPSA) is 55.1 Å². The molecule has 0 bridgehead atoms. The molecule has 0 aromatic carbocycles. The fourth-order valence-corrected chi connectivity index (χ4v) is 3.48. The Labute approximate surface area is 129 Å². The molecule has 2 saturated carbocycles. The molecule has 2 aliphatic carbocycles. The third-order valence-electron chi connectivity index (χ3n) is 4.96. The number of halogens is 4. The second-order valence-electron chi connectivity index (χ2n) is 6.26. The molecule has 0 unspecified atom stereocenters. The Morgan fingerprint density at radius 3 is 2.10 bits per heavy atom. The molecule has 0 radical (unpaired) electrons. The van der Waals surface area contributed by atoms with E-state index in [-0.39, 0.29) is 37.2 Å². The Balaban J connectivity index is 0.00000220. The molecule has 3 nitrogen and oxygen atoms in total. The summed E-state index contributed by atoms with van der Waals surface area (Å²) in [6.45, 7) is 0.330. The van der Waals surface area contributed by atoms with Crippen molar-refractivity contribution >= 4 is 18.3 Å². The third-order valence-corrected chi connectivity index (χ3v) is 4.96. The summed E-state index contributed by atoms with van der Waals surface area (Å²) in [6, 6.07) is -0.120. The van der Waals surface area contributed by atoms with Gasteiger partial charge in [-0.15, -0.1) is 12.4 Å². The lowest BCUT2D eigenvalue weighted by Gasteiger charge is -2.33. The average molecular weight is 329 g/mol. The van der Waals surface area contributed by atoms with E-state index in [0.717, 1.165) is 25.7 Å². The number of alkyl halides is 3. The van der Waals surface area contributed by atoms with E-state index in [0.29, 0.717) is 19.4 Å². The van der Waals surface area contributed by atoms with E-state index in [1.54, 1.807) is 0 Å². The molecule has 2 aliphatic rings. The lowest BCUT2D eigenvalue weighted by atomic mass is 9.82. The molecule has 0 saturated heterocycles. The van der Waals surface area contributed by atoms with Gasteiger partial charge in [0.25, 0.3) is 0 Å². The quantitative estimate of drug-likeness (QED) is 0.836. The fourth-order valence-electron chi connectivity index (χ4n) is 3.48. The Hall–Kier alpha value is -0.490. The molecule has 0 aromatic heterocycles. The lowest BCUT2D eigenvalue weighted by molar-refractivity contribution is -0.182. The summed E-state index contributed by atoms with van der Waals surface area (Å²) in [7, 11) is 0. The van der Waals surface area contributed by atoms with Crippen molar-refractivity contribution in [2.75, 3.05) is 6.54 Å². The molecular formula is C14H24ClF3N2O. The maximum absolute atomic E-state index is 12.6. The molecule has 3 N–H and O–H groups in total. The molecule has 124 valence electrons. The first-order valence-electron chi connectivity index (χ1n) is 7.45. The van der Waals surface area contributed by atoms with Crippen LogP contribution in [-0.4, -0.2) is 24.7 Å². The van der Waals surface area contributed by atoms with Crippen LogP contribution in [-0.2, 0) is 4.79 Å². The summed E-state index contributed by atoms with van der Waals surface area (Å²) in [6.07, 6.45) is 0.567. The molecule has 0 spiro atoms. The molecular weight excluding hydrogens is 305 g/mol. The molecule has 0 aliphatic heterocycles. The maximum Gasteiger partial charge on any atom is 0.391 e. The van der Waals surface area contributed by atoms with Crippen molar-refractivity contribution in [1.29, 1.82) is 0 Å². The van der Waals surface area contributed by atoms with Crippen molar-refractivity contribution in [1.82, 2.24) is 5.32 Å². The Bertz CT molecular complexity index is 349. The van der Waals surface area contributed by atoms with Crippen LogP contribution < -0.4 is 11.1 Å². The van der Waals surface area contributed by atoms with Crippen LogP contribution in [0.1, 0.15) is 51.4 Å². The van der Waals surface area contributed by atoms with Crippen LogP contribution in [0.2, 0.25) is 0 Å². The maximum atomic E-state index is 12.6. The highest BCUT2D eigenvalue weighted by Crippen LogP contribution is 2.39. The smallest absolute Gasteiger partial charge is 0.353 e. The van der Waals surface area contributed by atoms with Gasteiger partial charge in [-0.1, -0.05) is 12.8 Å². The summed E-state index contributed by atoms with van der Waals surface area (Å²) in [4.78, 5) is 12.3. The van der Waals surface area contributed by atoms with Crippen LogP contribution >= 0.6 is 12.4 Å². The van der Waals surface area contributed by atoms with E-state index in [1.165, 1.54) is 0 Å². The first-order chi connectivity index (χ1) is 9.37. The Morgan fingerprint density at radius 1 is 1.14 bits per heavy atom. The summed E-state index contributed by atoms with van der Waals surface area (Å²) < 4.78 is 37.8. The number of hydrogen-bond acceptors (Lipinski definition) is 2. The van der Waals surface area contributed by atoms with E-state index in [1.807, 2.05) is 0 Å². The van der Waals surface area contributed by atoms with Crippen molar-refractivity contribution in [3.63, 3.8) is 0 Å². The van der Waals surface area contributed by atoms with E-state index >= 15 is 0 Å². The van der Waals surface area contributed by atoms with Gasteiger partial charge in [-0.25, -0.2) is 0 Å². The average Bonchev–Trinajstić information content (AvgIpc) is 2.88. The van der Waals surface area contributed by atoms with E-state index in [9.17, 15) is 18.0 Å². The van der Waals surface area contributed by atoms with Crippen LogP contribution in [0, 0.1) is 11.3 Å². The number of carbonyl (C=O) groups is 1. The molecule has 0 atom stereocenters. The normalized spacial score (nSPS) is 28.8. The minimum Gasteiger partial charge on any atom is -0.353 e. The molecule has 0 heterocycles. The largest absolute Gasteiger partial charge is 0.391 e. The van der Waals surface area contributed by atoms with Gasteiger partial charge in [0.05, 0.1) is 11.3 Å². The monoisotopic (exact) mass is 328 g/mol. The van der Waals surface area contributed by atoms with Crippen LogP contribution in [0.5, 0.6) is 0 Å². The molecule has 7 heteroatoms. The van der Waals surface area contributed by atoms with Gasteiger partial charge in [-0.05, 0) is 38.5 Å². The predicted octanol–water partition coefficient (Wildman–Crippen LogP) is 3.16. The third kappa shape index (κ3) is 4.25. The minimum absolute atomic E-state index is 0. The van der Waals surface area contributed by atoms with Gasteiger partial charge in [-0.2, -0.15) is 13.2 Å². The molecule has 2 fully saturated rings. The van der Waals surface area contributed by atoms with Gasteiger partial charge in [0.2, 0.25) is 5.91 Å². The zero-order valence-corrected chi connectivity index (χ0v) is 12.9. The number of nitrogens with one attached hydrogen (secondary N) is 1. The first kappa shape index (κ1) is 18.6. The van der Waals surface area contributed by atoms with Crippen LogP contribution in [0.4, 0.5) is 13.2 Å². The second kappa shape index (κ2) is 7.18. The first-order valence-corrected chi connectivity index (χ1v) is 7.45. The Morgan fingerprint density at radius 2 is 1.67 bits per heavy atom. The summed E-state index contributed by atoms with van der Waals surface area (Å²) >= 11 is 0. The summed E-state index contributed by atoms with van der Waals surface area (Å²) in [5.41, 5.74) is 5.27. The van der Waals surface area contributed by atoms with Gasteiger partial charge in [-0.3, -0.25) is 4.79 Å².